The maximum absolute atomic E-state index is 13.0. The number of phenolic OH excluding ortho intramolecular Hbond substituents is 1. The van der Waals surface area contributed by atoms with Gasteiger partial charge in [-0.3, -0.25) is 4.90 Å². The molecule has 1 saturated carbocycles. The molecule has 2 bridgehead atoms. The summed E-state index contributed by atoms with van der Waals surface area (Å²) in [6, 6.07) is 4.59. The number of aliphatic hydroxyl groups is 1. The minimum Gasteiger partial charge on any atom is -0.508 e. The summed E-state index contributed by atoms with van der Waals surface area (Å²) in [7, 11) is 0. The van der Waals surface area contributed by atoms with E-state index in [1.807, 2.05) is 0 Å². The van der Waals surface area contributed by atoms with Crippen molar-refractivity contribution in [2.75, 3.05) is 13.1 Å². The molecule has 1 aromatic carbocycles. The highest BCUT2D eigenvalue weighted by Crippen LogP contribution is 2.61. The second-order valence-electron chi connectivity index (χ2n) is 7.92. The first kappa shape index (κ1) is 16.2. The van der Waals surface area contributed by atoms with Gasteiger partial charge in [0.25, 0.3) is 0 Å². The molecule has 2 aliphatic carbocycles. The van der Waals surface area contributed by atoms with Crippen LogP contribution in [0.5, 0.6) is 5.75 Å². The Morgan fingerprint density at radius 2 is 2.04 bits per heavy atom. The molecule has 0 aromatic heterocycles. The van der Waals surface area contributed by atoms with Gasteiger partial charge in [0.1, 0.15) is 5.75 Å². The number of piperidine rings is 1. The van der Waals surface area contributed by atoms with Gasteiger partial charge in [-0.2, -0.15) is 13.2 Å². The summed E-state index contributed by atoms with van der Waals surface area (Å²) < 4.78 is 39.0. The summed E-state index contributed by atoms with van der Waals surface area (Å²) in [5.74, 6) is 0.401. The van der Waals surface area contributed by atoms with E-state index in [9.17, 15) is 23.4 Å². The third kappa shape index (κ3) is 2.12. The van der Waals surface area contributed by atoms with Crippen molar-refractivity contribution in [1.82, 2.24) is 4.90 Å². The van der Waals surface area contributed by atoms with Crippen LogP contribution in [-0.2, 0) is 11.8 Å². The maximum atomic E-state index is 13.0. The Morgan fingerprint density at radius 1 is 1.29 bits per heavy atom. The molecule has 3 unspecified atom stereocenters. The number of benzene rings is 1. The van der Waals surface area contributed by atoms with Gasteiger partial charge in [-0.25, -0.2) is 0 Å². The zero-order chi connectivity index (χ0) is 17.3. The standard InChI is InChI=1S/C18H22F3NO2/c1-11-8-16-4-5-22(10-18(19,20)21)15(17(16,24)9-11)6-12-2-3-13(23)7-14(12)16/h2-3,7,11,15,23-24H,4-6,8-10H2,1H3/t11?,15?,16-,17?/m1/s1. The fraction of sp³-hybridized carbons (Fsp3) is 0.667. The first-order valence-electron chi connectivity index (χ1n) is 8.50. The Bertz CT molecular complexity index is 677. The van der Waals surface area contributed by atoms with Crippen LogP contribution in [0.2, 0.25) is 0 Å². The smallest absolute Gasteiger partial charge is 0.401 e. The molecule has 132 valence electrons. The Balaban J connectivity index is 1.84. The summed E-state index contributed by atoms with van der Waals surface area (Å²) in [5, 5.41) is 21.5. The van der Waals surface area contributed by atoms with Crippen molar-refractivity contribution in [2.24, 2.45) is 5.92 Å². The van der Waals surface area contributed by atoms with Crippen LogP contribution in [-0.4, -0.2) is 46.0 Å². The van der Waals surface area contributed by atoms with E-state index in [0.29, 0.717) is 25.8 Å². The Kier molecular flexibility index (Phi) is 3.30. The highest BCUT2D eigenvalue weighted by molar-refractivity contribution is 5.48. The molecule has 3 nitrogen and oxygen atoms in total. The van der Waals surface area contributed by atoms with Gasteiger partial charge in [0, 0.05) is 11.5 Å². The molecule has 24 heavy (non-hydrogen) atoms. The Morgan fingerprint density at radius 3 is 2.75 bits per heavy atom. The van der Waals surface area contributed by atoms with Crippen molar-refractivity contribution >= 4 is 0 Å². The van der Waals surface area contributed by atoms with E-state index >= 15 is 0 Å². The number of halogens is 3. The highest BCUT2D eigenvalue weighted by atomic mass is 19.4. The number of aromatic hydroxyl groups is 1. The van der Waals surface area contributed by atoms with Gasteiger partial charge < -0.3 is 10.2 Å². The molecule has 1 heterocycles. The van der Waals surface area contributed by atoms with Gasteiger partial charge in [-0.05, 0) is 61.4 Å². The molecule has 6 heteroatoms. The van der Waals surface area contributed by atoms with Gasteiger partial charge in [0.05, 0.1) is 12.1 Å². The highest BCUT2D eigenvalue weighted by Gasteiger charge is 2.66. The van der Waals surface area contributed by atoms with E-state index in [1.165, 1.54) is 4.90 Å². The first-order chi connectivity index (χ1) is 11.1. The Hall–Kier alpha value is -1.27. The topological polar surface area (TPSA) is 43.7 Å². The molecule has 1 aliphatic heterocycles. The van der Waals surface area contributed by atoms with Gasteiger partial charge >= 0.3 is 6.18 Å². The number of hydrogen-bond acceptors (Lipinski definition) is 3. The monoisotopic (exact) mass is 341 g/mol. The average Bonchev–Trinajstić information content (AvgIpc) is 2.73. The van der Waals surface area contributed by atoms with E-state index in [-0.39, 0.29) is 11.7 Å². The maximum Gasteiger partial charge on any atom is 0.401 e. The fourth-order valence-electron chi connectivity index (χ4n) is 5.73. The zero-order valence-electron chi connectivity index (χ0n) is 13.6. The predicted octanol–water partition coefficient (Wildman–Crippen LogP) is 2.98. The van der Waals surface area contributed by atoms with Crippen molar-refractivity contribution in [2.45, 2.75) is 55.8 Å². The summed E-state index contributed by atoms with van der Waals surface area (Å²) in [4.78, 5) is 1.42. The third-order valence-corrected chi connectivity index (χ3v) is 6.41. The van der Waals surface area contributed by atoms with E-state index in [0.717, 1.165) is 17.5 Å². The van der Waals surface area contributed by atoms with Gasteiger partial charge in [0.15, 0.2) is 0 Å². The van der Waals surface area contributed by atoms with Crippen LogP contribution in [0.3, 0.4) is 0 Å². The number of hydrogen-bond donors (Lipinski definition) is 2. The average molecular weight is 341 g/mol. The third-order valence-electron chi connectivity index (χ3n) is 6.41. The molecule has 3 aliphatic rings. The van der Waals surface area contributed by atoms with Gasteiger partial charge in [-0.1, -0.05) is 13.0 Å². The number of phenols is 1. The molecule has 2 N–H and O–H groups in total. The molecule has 1 saturated heterocycles. The molecular formula is C18H22F3NO2. The van der Waals surface area contributed by atoms with Gasteiger partial charge in [-0.15, -0.1) is 0 Å². The summed E-state index contributed by atoms with van der Waals surface area (Å²) >= 11 is 0. The normalized spacial score (nSPS) is 38.7. The van der Waals surface area contributed by atoms with Crippen molar-refractivity contribution in [3.8, 4) is 5.75 Å². The first-order valence-corrected chi connectivity index (χ1v) is 8.50. The largest absolute Gasteiger partial charge is 0.508 e. The lowest BCUT2D eigenvalue weighted by Crippen LogP contribution is -2.70. The van der Waals surface area contributed by atoms with Crippen molar-refractivity contribution in [3.63, 3.8) is 0 Å². The summed E-state index contributed by atoms with van der Waals surface area (Å²) in [5.41, 5.74) is 0.211. The lowest BCUT2D eigenvalue weighted by molar-refractivity contribution is -0.188. The molecule has 0 amide bonds. The van der Waals surface area contributed by atoms with Crippen LogP contribution < -0.4 is 0 Å². The molecule has 0 spiro atoms. The number of nitrogens with zero attached hydrogens (tertiary/aromatic N) is 1. The lowest BCUT2D eigenvalue weighted by atomic mass is 9.56. The van der Waals surface area contributed by atoms with Crippen LogP contribution in [0, 0.1) is 5.92 Å². The fourth-order valence-corrected chi connectivity index (χ4v) is 5.73. The quantitative estimate of drug-likeness (QED) is 0.825. The summed E-state index contributed by atoms with van der Waals surface area (Å²) in [6.07, 6.45) is -2.10. The van der Waals surface area contributed by atoms with Crippen LogP contribution in [0.15, 0.2) is 18.2 Å². The lowest BCUT2D eigenvalue weighted by Gasteiger charge is -2.59. The number of alkyl halides is 3. The van der Waals surface area contributed by atoms with Gasteiger partial charge in [0.2, 0.25) is 0 Å². The second-order valence-corrected chi connectivity index (χ2v) is 7.92. The van der Waals surface area contributed by atoms with Crippen molar-refractivity contribution in [3.05, 3.63) is 29.3 Å². The molecule has 4 atom stereocenters. The van der Waals surface area contributed by atoms with Crippen LogP contribution in [0.4, 0.5) is 13.2 Å². The molecule has 0 radical (unpaired) electrons. The van der Waals surface area contributed by atoms with Crippen LogP contribution in [0.1, 0.15) is 37.3 Å². The number of fused-ring (bicyclic) bond motifs is 1. The Labute approximate surface area is 139 Å². The minimum atomic E-state index is -4.27. The molecule has 2 fully saturated rings. The van der Waals surface area contributed by atoms with E-state index in [2.05, 4.69) is 6.92 Å². The SMILES string of the molecule is CC1CC2(O)C3Cc4ccc(O)cc4[C@@]2(CCN3CC(F)(F)F)C1. The van der Waals surface area contributed by atoms with E-state index in [4.69, 9.17) is 0 Å². The van der Waals surface area contributed by atoms with Crippen molar-refractivity contribution < 1.29 is 23.4 Å². The minimum absolute atomic E-state index is 0.154. The van der Waals surface area contributed by atoms with E-state index in [1.54, 1.807) is 18.2 Å². The molecule has 4 rings (SSSR count). The number of rotatable bonds is 1. The van der Waals surface area contributed by atoms with Crippen molar-refractivity contribution in [1.29, 1.82) is 0 Å². The summed E-state index contributed by atoms with van der Waals surface area (Å²) in [6.45, 7) is 1.41. The van der Waals surface area contributed by atoms with Crippen LogP contribution in [0.25, 0.3) is 0 Å². The van der Waals surface area contributed by atoms with E-state index < -0.39 is 29.8 Å². The molecular weight excluding hydrogens is 319 g/mol. The predicted molar refractivity (Wildman–Crippen MR) is 82.9 cm³/mol. The van der Waals surface area contributed by atoms with Crippen LogP contribution >= 0.6 is 0 Å². The number of likely N-dealkylation sites (tertiary alicyclic amines) is 1. The molecule has 1 aromatic rings. The zero-order valence-corrected chi connectivity index (χ0v) is 13.6. The second kappa shape index (κ2) is 4.88.